The van der Waals surface area contributed by atoms with E-state index in [1.54, 1.807) is 6.08 Å². The molecule has 0 aliphatic carbocycles. The van der Waals surface area contributed by atoms with Crippen molar-refractivity contribution in [2.45, 2.75) is 0 Å². The van der Waals surface area contributed by atoms with Gasteiger partial charge in [0.05, 0.1) is 10.6 Å². The number of aromatic amines is 2. The van der Waals surface area contributed by atoms with Crippen LogP contribution in [0.3, 0.4) is 0 Å². The van der Waals surface area contributed by atoms with Crippen molar-refractivity contribution in [1.82, 2.24) is 9.97 Å². The highest BCUT2D eigenvalue weighted by molar-refractivity contribution is 5.39. The van der Waals surface area contributed by atoms with Gasteiger partial charge in [0, 0.05) is 0 Å². The van der Waals surface area contributed by atoms with E-state index in [-0.39, 0.29) is 0 Å². The predicted octanol–water partition coefficient (Wildman–Crippen LogP) is -1.00. The van der Waals surface area contributed by atoms with E-state index >= 15 is 0 Å². The molecule has 2 N–H and O–H groups in total. The highest BCUT2D eigenvalue weighted by atomic mass is 16.2. The number of hydrogen-bond acceptors (Lipinski definition) is 2. The zero-order chi connectivity index (χ0) is 10.6. The van der Waals surface area contributed by atoms with Gasteiger partial charge in [-0.15, -0.1) is 0 Å². The average molecular weight is 190 g/mol. The minimum absolute atomic E-state index is 0.361. The molecule has 0 aliphatic heterocycles. The quantitative estimate of drug-likeness (QED) is 0.628. The van der Waals surface area contributed by atoms with E-state index in [1.807, 2.05) is 0 Å². The second-order valence-corrected chi connectivity index (χ2v) is 2.54. The standard InChI is InChI=1S/C10H10N2O2/c1-3-5-7-8(6-4-2)11-10(14)12-9(7)13/h3-6H,1-2H2,(H2,11,12,13,14)/b7-5+,8-6+. The summed E-state index contributed by atoms with van der Waals surface area (Å²) in [5.74, 6) is 0. The Morgan fingerprint density at radius 1 is 1.00 bits per heavy atom. The van der Waals surface area contributed by atoms with E-state index in [9.17, 15) is 9.59 Å². The van der Waals surface area contributed by atoms with Crippen LogP contribution in [0.15, 0.2) is 34.9 Å². The Bertz CT molecular complexity index is 575. The summed E-state index contributed by atoms with van der Waals surface area (Å²) in [6.07, 6.45) is 6.03. The Balaban J connectivity index is 3.90. The zero-order valence-electron chi connectivity index (χ0n) is 7.54. The first-order valence-electron chi connectivity index (χ1n) is 3.97. The first-order valence-corrected chi connectivity index (χ1v) is 3.97. The highest BCUT2D eigenvalue weighted by Gasteiger charge is 1.92. The van der Waals surface area contributed by atoms with E-state index in [1.165, 1.54) is 18.2 Å². The molecule has 1 rings (SSSR count). The molecule has 0 amide bonds. The van der Waals surface area contributed by atoms with Gasteiger partial charge in [-0.05, 0) is 12.2 Å². The molecule has 4 nitrogen and oxygen atoms in total. The van der Waals surface area contributed by atoms with E-state index in [0.29, 0.717) is 10.6 Å². The molecular weight excluding hydrogens is 180 g/mol. The van der Waals surface area contributed by atoms with Gasteiger partial charge in [-0.3, -0.25) is 9.78 Å². The van der Waals surface area contributed by atoms with Gasteiger partial charge in [0.15, 0.2) is 0 Å². The third kappa shape index (κ3) is 1.98. The lowest BCUT2D eigenvalue weighted by Crippen LogP contribution is -2.48. The molecule has 0 bridgehead atoms. The maximum atomic E-state index is 11.3. The molecule has 0 radical (unpaired) electrons. The Morgan fingerprint density at radius 3 is 2.21 bits per heavy atom. The molecule has 72 valence electrons. The van der Waals surface area contributed by atoms with Crippen LogP contribution in [0.1, 0.15) is 0 Å². The lowest BCUT2D eigenvalue weighted by molar-refractivity contribution is 0.985. The van der Waals surface area contributed by atoms with Crippen molar-refractivity contribution in [3.63, 3.8) is 0 Å². The van der Waals surface area contributed by atoms with E-state index < -0.39 is 11.2 Å². The van der Waals surface area contributed by atoms with Crippen molar-refractivity contribution in [2.24, 2.45) is 0 Å². The Hall–Kier alpha value is -2.10. The Kier molecular flexibility index (Phi) is 3.01. The summed E-state index contributed by atoms with van der Waals surface area (Å²) >= 11 is 0. The molecule has 4 heteroatoms. The molecule has 0 spiro atoms. The molecule has 1 heterocycles. The van der Waals surface area contributed by atoms with Gasteiger partial charge in [0.2, 0.25) is 0 Å². The summed E-state index contributed by atoms with van der Waals surface area (Å²) in [6.45, 7) is 6.97. The summed E-state index contributed by atoms with van der Waals surface area (Å²) in [4.78, 5) is 26.9. The second-order valence-electron chi connectivity index (χ2n) is 2.54. The summed E-state index contributed by atoms with van der Waals surface area (Å²) in [7, 11) is 0. The monoisotopic (exact) mass is 190 g/mol. The number of nitrogens with one attached hydrogen (secondary N) is 2. The topological polar surface area (TPSA) is 65.7 Å². The normalized spacial score (nSPS) is 12.9. The SMILES string of the molecule is C=C/C=c1/[nH]c(=O)[nH]c(=O)/c1=C/C=C. The molecular formula is C10H10N2O2. The molecule has 0 unspecified atom stereocenters. The van der Waals surface area contributed by atoms with Gasteiger partial charge in [0.1, 0.15) is 0 Å². The summed E-state index contributed by atoms with van der Waals surface area (Å²) in [5, 5.41) is 0.785. The molecule has 0 atom stereocenters. The molecule has 0 saturated heterocycles. The molecule has 0 saturated carbocycles. The van der Waals surface area contributed by atoms with Crippen LogP contribution in [0.2, 0.25) is 0 Å². The fourth-order valence-electron chi connectivity index (χ4n) is 1.05. The van der Waals surface area contributed by atoms with Gasteiger partial charge in [-0.1, -0.05) is 25.3 Å². The van der Waals surface area contributed by atoms with Crippen molar-refractivity contribution in [3.05, 3.63) is 56.7 Å². The maximum absolute atomic E-state index is 11.3. The van der Waals surface area contributed by atoms with Gasteiger partial charge in [0.25, 0.3) is 5.56 Å². The lowest BCUT2D eigenvalue weighted by atomic mass is 10.3. The number of aromatic nitrogens is 2. The smallest absolute Gasteiger partial charge is 0.307 e. The Labute approximate surface area is 79.6 Å². The van der Waals surface area contributed by atoms with Gasteiger partial charge >= 0.3 is 5.69 Å². The zero-order valence-corrected chi connectivity index (χ0v) is 7.54. The number of allylic oxidation sites excluding steroid dienone is 2. The van der Waals surface area contributed by atoms with Crippen LogP contribution in [0.25, 0.3) is 12.2 Å². The fourth-order valence-corrected chi connectivity index (χ4v) is 1.05. The van der Waals surface area contributed by atoms with Crippen LogP contribution in [-0.2, 0) is 0 Å². The van der Waals surface area contributed by atoms with Crippen molar-refractivity contribution < 1.29 is 0 Å². The van der Waals surface area contributed by atoms with Gasteiger partial charge < -0.3 is 4.98 Å². The molecule has 0 aliphatic rings. The van der Waals surface area contributed by atoms with Crippen LogP contribution >= 0.6 is 0 Å². The molecule has 0 aromatic carbocycles. The third-order valence-corrected chi connectivity index (χ3v) is 1.58. The van der Waals surface area contributed by atoms with Crippen LogP contribution in [0, 0.1) is 0 Å². The summed E-state index contributed by atoms with van der Waals surface area (Å²) in [5.41, 5.74) is -0.980. The highest BCUT2D eigenvalue weighted by Crippen LogP contribution is 1.61. The first-order chi connectivity index (χ1) is 6.69. The van der Waals surface area contributed by atoms with Gasteiger partial charge in [-0.25, -0.2) is 4.79 Å². The van der Waals surface area contributed by atoms with E-state index in [4.69, 9.17) is 0 Å². The van der Waals surface area contributed by atoms with Crippen molar-refractivity contribution >= 4 is 12.2 Å². The third-order valence-electron chi connectivity index (χ3n) is 1.58. The number of H-pyrrole nitrogens is 2. The maximum Gasteiger partial charge on any atom is 0.326 e. The van der Waals surface area contributed by atoms with Crippen LogP contribution in [0.5, 0.6) is 0 Å². The van der Waals surface area contributed by atoms with Gasteiger partial charge in [-0.2, -0.15) is 0 Å². The minimum Gasteiger partial charge on any atom is -0.307 e. The summed E-state index contributed by atoms with van der Waals surface area (Å²) in [6, 6.07) is 0. The average Bonchev–Trinajstić information content (AvgIpc) is 2.11. The van der Waals surface area contributed by atoms with Crippen molar-refractivity contribution in [3.8, 4) is 0 Å². The number of hydrogen-bond donors (Lipinski definition) is 2. The second kappa shape index (κ2) is 4.23. The first kappa shape index (κ1) is 9.98. The van der Waals surface area contributed by atoms with Crippen LogP contribution in [-0.4, -0.2) is 9.97 Å². The number of rotatable bonds is 2. The van der Waals surface area contributed by atoms with E-state index in [2.05, 4.69) is 23.1 Å². The molecule has 1 aromatic heterocycles. The van der Waals surface area contributed by atoms with E-state index in [0.717, 1.165) is 0 Å². The van der Waals surface area contributed by atoms with Crippen LogP contribution < -0.4 is 21.8 Å². The minimum atomic E-state index is -0.538. The summed E-state index contributed by atoms with van der Waals surface area (Å²) < 4.78 is 0. The largest absolute Gasteiger partial charge is 0.326 e. The fraction of sp³-hybridized carbons (Fsp3) is 0. The molecule has 14 heavy (non-hydrogen) atoms. The van der Waals surface area contributed by atoms with Crippen molar-refractivity contribution in [1.29, 1.82) is 0 Å². The predicted molar refractivity (Wildman–Crippen MR) is 56.3 cm³/mol. The molecule has 0 fully saturated rings. The molecule has 1 aromatic rings. The lowest BCUT2D eigenvalue weighted by Gasteiger charge is -1.87. The van der Waals surface area contributed by atoms with Crippen LogP contribution in [0.4, 0.5) is 0 Å². The van der Waals surface area contributed by atoms with Crippen molar-refractivity contribution in [2.75, 3.05) is 0 Å². The Morgan fingerprint density at radius 2 is 1.64 bits per heavy atom.